The van der Waals surface area contributed by atoms with Crippen LogP contribution >= 0.6 is 0 Å². The normalized spacial score (nSPS) is 13.3. The molecule has 1 unspecified atom stereocenters. The standard InChI is InChI=1S/C13H11FN2O/c1-8(5-14)9-2-3-10-11(4-9)15-6-12-13(10)17-7-16-12/h2-4,6-8H,5H2,1H3. The topological polar surface area (TPSA) is 38.9 Å². The summed E-state index contributed by atoms with van der Waals surface area (Å²) in [6.07, 6.45) is 3.08. The minimum atomic E-state index is -0.365. The average Bonchev–Trinajstić information content (AvgIpc) is 2.85. The summed E-state index contributed by atoms with van der Waals surface area (Å²) in [4.78, 5) is 8.37. The largest absolute Gasteiger partial charge is 0.443 e. The van der Waals surface area contributed by atoms with Crippen molar-refractivity contribution in [2.24, 2.45) is 0 Å². The van der Waals surface area contributed by atoms with Crippen LogP contribution < -0.4 is 0 Å². The minimum Gasteiger partial charge on any atom is -0.443 e. The number of hydrogen-bond donors (Lipinski definition) is 0. The molecule has 4 heteroatoms. The molecule has 0 saturated heterocycles. The zero-order valence-electron chi connectivity index (χ0n) is 9.35. The Hall–Kier alpha value is -1.97. The second-order valence-corrected chi connectivity index (χ2v) is 4.16. The monoisotopic (exact) mass is 230 g/mol. The fraction of sp³-hybridized carbons (Fsp3) is 0.231. The molecule has 86 valence electrons. The van der Waals surface area contributed by atoms with E-state index < -0.39 is 0 Å². The maximum atomic E-state index is 12.6. The van der Waals surface area contributed by atoms with Gasteiger partial charge in [0.1, 0.15) is 5.52 Å². The van der Waals surface area contributed by atoms with Crippen molar-refractivity contribution >= 4 is 22.0 Å². The molecule has 0 bridgehead atoms. The highest BCUT2D eigenvalue weighted by Gasteiger charge is 2.09. The van der Waals surface area contributed by atoms with Crippen molar-refractivity contribution in [3.8, 4) is 0 Å². The lowest BCUT2D eigenvalue weighted by atomic mass is 10.0. The van der Waals surface area contributed by atoms with Gasteiger partial charge in [0, 0.05) is 11.3 Å². The summed E-state index contributed by atoms with van der Waals surface area (Å²) in [7, 11) is 0. The fourth-order valence-corrected chi connectivity index (χ4v) is 1.92. The van der Waals surface area contributed by atoms with Gasteiger partial charge in [-0.05, 0) is 17.7 Å². The first-order chi connectivity index (χ1) is 8.29. The van der Waals surface area contributed by atoms with Crippen molar-refractivity contribution in [2.75, 3.05) is 6.67 Å². The van der Waals surface area contributed by atoms with Crippen LogP contribution in [0.5, 0.6) is 0 Å². The van der Waals surface area contributed by atoms with Crippen LogP contribution in [0.2, 0.25) is 0 Å². The number of fused-ring (bicyclic) bond motifs is 3. The van der Waals surface area contributed by atoms with E-state index in [9.17, 15) is 4.39 Å². The number of halogens is 1. The van der Waals surface area contributed by atoms with E-state index in [2.05, 4.69) is 9.97 Å². The van der Waals surface area contributed by atoms with Gasteiger partial charge in [0.05, 0.1) is 18.4 Å². The lowest BCUT2D eigenvalue weighted by Crippen LogP contribution is -1.95. The Bertz CT molecular complexity index is 677. The fourth-order valence-electron chi connectivity index (χ4n) is 1.92. The SMILES string of the molecule is CC(CF)c1ccc2c(c1)ncc1ncoc12. The van der Waals surface area contributed by atoms with E-state index in [1.807, 2.05) is 25.1 Å². The van der Waals surface area contributed by atoms with E-state index in [-0.39, 0.29) is 12.6 Å². The molecule has 0 radical (unpaired) electrons. The first-order valence-electron chi connectivity index (χ1n) is 5.47. The third kappa shape index (κ3) is 1.56. The molecule has 2 aromatic heterocycles. The summed E-state index contributed by atoms with van der Waals surface area (Å²) in [5, 5.41) is 0.912. The van der Waals surface area contributed by atoms with Crippen LogP contribution in [-0.4, -0.2) is 16.6 Å². The Morgan fingerprint density at radius 1 is 1.29 bits per heavy atom. The van der Waals surface area contributed by atoms with E-state index >= 15 is 0 Å². The Kier molecular flexibility index (Phi) is 2.28. The van der Waals surface area contributed by atoms with Gasteiger partial charge in [0.15, 0.2) is 12.0 Å². The number of benzene rings is 1. The molecule has 3 nitrogen and oxygen atoms in total. The summed E-state index contributed by atoms with van der Waals surface area (Å²) in [6, 6.07) is 5.73. The molecule has 3 aromatic rings. The maximum Gasteiger partial charge on any atom is 0.182 e. The van der Waals surface area contributed by atoms with E-state index in [0.717, 1.165) is 27.6 Å². The molecule has 1 aromatic carbocycles. The molecule has 2 heterocycles. The second-order valence-electron chi connectivity index (χ2n) is 4.16. The number of pyridine rings is 1. The number of nitrogens with zero attached hydrogens (tertiary/aromatic N) is 2. The Labute approximate surface area is 97.3 Å². The molecule has 17 heavy (non-hydrogen) atoms. The van der Waals surface area contributed by atoms with Crippen LogP contribution in [0.15, 0.2) is 35.2 Å². The minimum absolute atomic E-state index is 0.105. The van der Waals surface area contributed by atoms with Gasteiger partial charge in [-0.1, -0.05) is 13.0 Å². The van der Waals surface area contributed by atoms with Gasteiger partial charge in [-0.3, -0.25) is 9.37 Å². The average molecular weight is 230 g/mol. The molecular weight excluding hydrogens is 219 g/mol. The van der Waals surface area contributed by atoms with Crippen LogP contribution in [-0.2, 0) is 0 Å². The summed E-state index contributed by atoms with van der Waals surface area (Å²) >= 11 is 0. The van der Waals surface area contributed by atoms with Crippen molar-refractivity contribution < 1.29 is 8.81 Å². The zero-order chi connectivity index (χ0) is 11.8. The molecule has 1 atom stereocenters. The molecule has 0 aliphatic heterocycles. The highest BCUT2D eigenvalue weighted by atomic mass is 19.1. The Morgan fingerprint density at radius 2 is 2.18 bits per heavy atom. The van der Waals surface area contributed by atoms with Gasteiger partial charge in [0.2, 0.25) is 0 Å². The van der Waals surface area contributed by atoms with Gasteiger partial charge in [0.25, 0.3) is 0 Å². The smallest absolute Gasteiger partial charge is 0.182 e. The van der Waals surface area contributed by atoms with Gasteiger partial charge in [-0.15, -0.1) is 0 Å². The van der Waals surface area contributed by atoms with Crippen LogP contribution in [0.4, 0.5) is 4.39 Å². The predicted octanol–water partition coefficient (Wildman–Crippen LogP) is 3.45. The molecule has 0 spiro atoms. The van der Waals surface area contributed by atoms with E-state index in [1.165, 1.54) is 6.39 Å². The summed E-state index contributed by atoms with van der Waals surface area (Å²) < 4.78 is 18.0. The molecule has 0 aliphatic rings. The van der Waals surface area contributed by atoms with Crippen LogP contribution in [0.25, 0.3) is 22.0 Å². The Morgan fingerprint density at radius 3 is 3.00 bits per heavy atom. The molecule has 0 saturated carbocycles. The van der Waals surface area contributed by atoms with E-state index in [0.29, 0.717) is 0 Å². The molecule has 0 fully saturated rings. The summed E-state index contributed by atoms with van der Waals surface area (Å²) in [5.41, 5.74) is 3.23. The maximum absolute atomic E-state index is 12.6. The summed E-state index contributed by atoms with van der Waals surface area (Å²) in [6.45, 7) is 1.49. The molecule has 0 aliphatic carbocycles. The molecular formula is C13H11FN2O. The molecule has 0 N–H and O–H groups in total. The first-order valence-corrected chi connectivity index (χ1v) is 5.47. The van der Waals surface area contributed by atoms with Crippen molar-refractivity contribution in [1.82, 2.24) is 9.97 Å². The number of oxazole rings is 1. The third-order valence-electron chi connectivity index (χ3n) is 2.99. The third-order valence-corrected chi connectivity index (χ3v) is 2.99. The van der Waals surface area contributed by atoms with Crippen LogP contribution in [0.1, 0.15) is 18.4 Å². The van der Waals surface area contributed by atoms with Gasteiger partial charge >= 0.3 is 0 Å². The lowest BCUT2D eigenvalue weighted by molar-refractivity contribution is 0.447. The van der Waals surface area contributed by atoms with E-state index in [4.69, 9.17) is 4.42 Å². The van der Waals surface area contributed by atoms with Crippen molar-refractivity contribution in [2.45, 2.75) is 12.8 Å². The zero-order valence-corrected chi connectivity index (χ0v) is 9.35. The van der Waals surface area contributed by atoms with Crippen molar-refractivity contribution in [3.63, 3.8) is 0 Å². The summed E-state index contributed by atoms with van der Waals surface area (Å²) in [5.74, 6) is -0.105. The van der Waals surface area contributed by atoms with Crippen molar-refractivity contribution in [1.29, 1.82) is 0 Å². The highest BCUT2D eigenvalue weighted by Crippen LogP contribution is 2.26. The van der Waals surface area contributed by atoms with Gasteiger partial charge in [-0.2, -0.15) is 0 Å². The number of hydrogen-bond acceptors (Lipinski definition) is 3. The van der Waals surface area contributed by atoms with Crippen LogP contribution in [0.3, 0.4) is 0 Å². The number of rotatable bonds is 2. The quantitative estimate of drug-likeness (QED) is 0.676. The second kappa shape index (κ2) is 3.80. The van der Waals surface area contributed by atoms with Gasteiger partial charge < -0.3 is 4.42 Å². The predicted molar refractivity (Wildman–Crippen MR) is 63.7 cm³/mol. The number of aromatic nitrogens is 2. The van der Waals surface area contributed by atoms with Gasteiger partial charge in [-0.25, -0.2) is 4.98 Å². The highest BCUT2D eigenvalue weighted by molar-refractivity contribution is 6.00. The first kappa shape index (κ1) is 10.2. The van der Waals surface area contributed by atoms with E-state index in [1.54, 1.807) is 6.20 Å². The number of alkyl halides is 1. The van der Waals surface area contributed by atoms with Crippen LogP contribution in [0, 0.1) is 0 Å². The lowest BCUT2D eigenvalue weighted by Gasteiger charge is -2.07. The molecule has 0 amide bonds. The molecule has 3 rings (SSSR count). The van der Waals surface area contributed by atoms with Crippen molar-refractivity contribution in [3.05, 3.63) is 36.4 Å². The Balaban J connectivity index is 2.26.